The zero-order chi connectivity index (χ0) is 11.5. The Morgan fingerprint density at radius 2 is 2.19 bits per heavy atom. The average Bonchev–Trinajstić information content (AvgIpc) is 2.70. The molecular formula is C13H16INO. The molecule has 1 aliphatic rings. The number of halogens is 1. The summed E-state index contributed by atoms with van der Waals surface area (Å²) in [7, 11) is 0. The molecule has 0 radical (unpaired) electrons. The second kappa shape index (κ2) is 5.17. The van der Waals surface area contributed by atoms with E-state index in [9.17, 15) is 0 Å². The van der Waals surface area contributed by atoms with Gasteiger partial charge in [-0.2, -0.15) is 0 Å². The van der Waals surface area contributed by atoms with Crippen LogP contribution in [-0.4, -0.2) is 18.5 Å². The topological polar surface area (TPSA) is 21.6 Å². The Hall–Kier alpha value is -0.580. The largest absolute Gasteiger partial charge is 0.478 e. The van der Waals surface area contributed by atoms with Crippen molar-refractivity contribution in [1.82, 2.24) is 0 Å². The Morgan fingerprint density at radius 3 is 2.81 bits per heavy atom. The van der Waals surface area contributed by atoms with Crippen molar-refractivity contribution in [3.05, 3.63) is 33.4 Å². The molecule has 0 spiro atoms. The Morgan fingerprint density at radius 1 is 1.44 bits per heavy atom. The SMILES string of the molecule is CC(C)C1COC(Cc2ccccc2I)=N1. The quantitative estimate of drug-likeness (QED) is 0.780. The third kappa shape index (κ3) is 2.75. The van der Waals surface area contributed by atoms with E-state index in [0.717, 1.165) is 18.9 Å². The summed E-state index contributed by atoms with van der Waals surface area (Å²) in [5.74, 6) is 1.45. The number of hydrogen-bond donors (Lipinski definition) is 0. The molecule has 1 aromatic carbocycles. The summed E-state index contributed by atoms with van der Waals surface area (Å²) in [4.78, 5) is 4.62. The van der Waals surface area contributed by atoms with Gasteiger partial charge in [0.25, 0.3) is 0 Å². The Bertz CT molecular complexity index is 401. The van der Waals surface area contributed by atoms with Crippen LogP contribution in [0.15, 0.2) is 29.3 Å². The predicted octanol–water partition coefficient (Wildman–Crippen LogP) is 3.29. The van der Waals surface area contributed by atoms with Gasteiger partial charge in [0.05, 0.1) is 6.04 Å². The predicted molar refractivity (Wildman–Crippen MR) is 74.9 cm³/mol. The van der Waals surface area contributed by atoms with Crippen LogP contribution in [0.25, 0.3) is 0 Å². The summed E-state index contributed by atoms with van der Waals surface area (Å²) in [5, 5.41) is 0. The Labute approximate surface area is 110 Å². The third-order valence-electron chi connectivity index (χ3n) is 2.80. The molecule has 0 fully saturated rings. The lowest BCUT2D eigenvalue weighted by Gasteiger charge is -2.06. The highest BCUT2D eigenvalue weighted by Crippen LogP contribution is 2.18. The summed E-state index contributed by atoms with van der Waals surface area (Å²) in [5.41, 5.74) is 1.30. The second-order valence-corrected chi connectivity index (χ2v) is 5.58. The van der Waals surface area contributed by atoms with Crippen LogP contribution in [0.5, 0.6) is 0 Å². The number of hydrogen-bond acceptors (Lipinski definition) is 2. The van der Waals surface area contributed by atoms with Gasteiger partial charge in [0, 0.05) is 9.99 Å². The summed E-state index contributed by atoms with van der Waals surface area (Å²) >= 11 is 2.35. The molecule has 0 N–H and O–H groups in total. The molecule has 0 amide bonds. The standard InChI is InChI=1S/C13H16INO/c1-9(2)12-8-16-13(15-12)7-10-5-3-4-6-11(10)14/h3-6,9,12H,7-8H2,1-2H3. The van der Waals surface area contributed by atoms with Gasteiger partial charge in [-0.25, -0.2) is 4.99 Å². The smallest absolute Gasteiger partial charge is 0.188 e. The molecule has 2 nitrogen and oxygen atoms in total. The third-order valence-corrected chi connectivity index (χ3v) is 3.85. The van der Waals surface area contributed by atoms with Crippen molar-refractivity contribution in [2.75, 3.05) is 6.61 Å². The van der Waals surface area contributed by atoms with Crippen LogP contribution in [0.1, 0.15) is 19.4 Å². The molecular weight excluding hydrogens is 313 g/mol. The number of benzene rings is 1. The first-order valence-electron chi connectivity index (χ1n) is 5.59. The van der Waals surface area contributed by atoms with E-state index in [1.165, 1.54) is 9.13 Å². The Balaban J connectivity index is 2.07. The molecule has 86 valence electrons. The maximum absolute atomic E-state index is 5.63. The van der Waals surface area contributed by atoms with Crippen molar-refractivity contribution in [3.63, 3.8) is 0 Å². The van der Waals surface area contributed by atoms with Gasteiger partial charge in [-0.3, -0.25) is 0 Å². The van der Waals surface area contributed by atoms with E-state index in [1.807, 2.05) is 0 Å². The van der Waals surface area contributed by atoms with Crippen LogP contribution >= 0.6 is 22.6 Å². The van der Waals surface area contributed by atoms with Crippen LogP contribution in [0.2, 0.25) is 0 Å². The lowest BCUT2D eigenvalue weighted by molar-refractivity contribution is 0.287. The van der Waals surface area contributed by atoms with Crippen molar-refractivity contribution in [3.8, 4) is 0 Å². The molecule has 1 heterocycles. The summed E-state index contributed by atoms with van der Waals surface area (Å²) in [6.45, 7) is 5.12. The molecule has 1 aromatic rings. The minimum Gasteiger partial charge on any atom is -0.478 e. The van der Waals surface area contributed by atoms with Crippen molar-refractivity contribution >= 4 is 28.5 Å². The fraction of sp³-hybridized carbons (Fsp3) is 0.462. The van der Waals surface area contributed by atoms with Crippen molar-refractivity contribution in [2.45, 2.75) is 26.3 Å². The van der Waals surface area contributed by atoms with Gasteiger partial charge in [0.1, 0.15) is 6.61 Å². The van der Waals surface area contributed by atoms with Gasteiger partial charge in [0.15, 0.2) is 5.90 Å². The van der Waals surface area contributed by atoms with Gasteiger partial charge in [-0.15, -0.1) is 0 Å². The summed E-state index contributed by atoms with van der Waals surface area (Å²) in [6, 6.07) is 8.71. The maximum atomic E-state index is 5.63. The minimum atomic E-state index is 0.344. The van der Waals surface area contributed by atoms with Crippen molar-refractivity contribution in [1.29, 1.82) is 0 Å². The second-order valence-electron chi connectivity index (χ2n) is 4.41. The molecule has 0 aromatic heterocycles. The molecule has 0 saturated heterocycles. The lowest BCUT2D eigenvalue weighted by Crippen LogP contribution is -2.13. The number of ether oxygens (including phenoxy) is 1. The number of aliphatic imine (C=N–C) groups is 1. The normalized spacial score (nSPS) is 19.8. The highest BCUT2D eigenvalue weighted by Gasteiger charge is 2.21. The Kier molecular flexibility index (Phi) is 3.84. The minimum absolute atomic E-state index is 0.344. The lowest BCUT2D eigenvalue weighted by atomic mass is 10.1. The number of rotatable bonds is 3. The first-order valence-corrected chi connectivity index (χ1v) is 6.67. The highest BCUT2D eigenvalue weighted by molar-refractivity contribution is 14.1. The van der Waals surface area contributed by atoms with E-state index in [-0.39, 0.29) is 0 Å². The van der Waals surface area contributed by atoms with E-state index < -0.39 is 0 Å². The van der Waals surface area contributed by atoms with Crippen LogP contribution in [0.3, 0.4) is 0 Å². The van der Waals surface area contributed by atoms with Crippen molar-refractivity contribution < 1.29 is 4.74 Å². The van der Waals surface area contributed by atoms with Crippen LogP contribution in [-0.2, 0) is 11.2 Å². The van der Waals surface area contributed by atoms with Gasteiger partial charge in [-0.1, -0.05) is 32.0 Å². The molecule has 16 heavy (non-hydrogen) atoms. The maximum Gasteiger partial charge on any atom is 0.188 e. The zero-order valence-corrected chi connectivity index (χ0v) is 11.8. The fourth-order valence-corrected chi connectivity index (χ4v) is 2.26. The molecule has 0 bridgehead atoms. The first-order chi connectivity index (χ1) is 7.66. The fourth-order valence-electron chi connectivity index (χ4n) is 1.68. The average molecular weight is 329 g/mol. The molecule has 1 aliphatic heterocycles. The van der Waals surface area contributed by atoms with Crippen molar-refractivity contribution in [2.24, 2.45) is 10.9 Å². The molecule has 3 heteroatoms. The molecule has 1 atom stereocenters. The van der Waals surface area contributed by atoms with E-state index in [0.29, 0.717) is 12.0 Å². The number of nitrogens with zero attached hydrogens (tertiary/aromatic N) is 1. The van der Waals surface area contributed by atoms with Crippen LogP contribution < -0.4 is 0 Å². The molecule has 1 unspecified atom stereocenters. The van der Waals surface area contributed by atoms with E-state index >= 15 is 0 Å². The van der Waals surface area contributed by atoms with Gasteiger partial charge in [0.2, 0.25) is 0 Å². The van der Waals surface area contributed by atoms with Gasteiger partial charge >= 0.3 is 0 Å². The first kappa shape index (κ1) is 11.9. The molecule has 0 saturated carbocycles. The summed E-state index contributed by atoms with van der Waals surface area (Å²) < 4.78 is 6.91. The monoisotopic (exact) mass is 329 g/mol. The summed E-state index contributed by atoms with van der Waals surface area (Å²) in [6.07, 6.45) is 0.822. The molecule has 2 rings (SSSR count). The van der Waals surface area contributed by atoms with Crippen LogP contribution in [0.4, 0.5) is 0 Å². The van der Waals surface area contributed by atoms with Gasteiger partial charge in [-0.05, 0) is 40.1 Å². The molecule has 0 aliphatic carbocycles. The zero-order valence-electron chi connectivity index (χ0n) is 9.61. The van der Waals surface area contributed by atoms with E-state index in [4.69, 9.17) is 4.74 Å². The van der Waals surface area contributed by atoms with Gasteiger partial charge < -0.3 is 4.74 Å². The van der Waals surface area contributed by atoms with E-state index in [1.54, 1.807) is 0 Å². The van der Waals surface area contributed by atoms with E-state index in [2.05, 4.69) is 65.7 Å². The van der Waals surface area contributed by atoms with Crippen LogP contribution in [0, 0.1) is 9.49 Å². The highest BCUT2D eigenvalue weighted by atomic mass is 127.